The maximum absolute atomic E-state index is 9.76. The number of rotatable bonds is 3. The van der Waals surface area contributed by atoms with Gasteiger partial charge < -0.3 is 4.90 Å². The molecule has 24 heavy (non-hydrogen) atoms. The number of anilines is 1. The summed E-state index contributed by atoms with van der Waals surface area (Å²) >= 11 is 0. The molecule has 0 aliphatic carbocycles. The van der Waals surface area contributed by atoms with Gasteiger partial charge in [0.15, 0.2) is 5.65 Å². The third kappa shape index (κ3) is 2.56. The van der Waals surface area contributed by atoms with Crippen molar-refractivity contribution in [1.82, 2.24) is 15.0 Å². The monoisotopic (exact) mass is 315 g/mol. The minimum absolute atomic E-state index is 0.138. The molecule has 118 valence electrons. The van der Waals surface area contributed by atoms with Crippen molar-refractivity contribution in [3.8, 4) is 6.07 Å². The molecule has 0 amide bonds. The van der Waals surface area contributed by atoms with Gasteiger partial charge in [-0.25, -0.2) is 9.97 Å². The smallest absolute Gasteiger partial charge is 0.180 e. The molecule has 0 N–H and O–H groups in total. The third-order valence-electron chi connectivity index (χ3n) is 4.59. The Morgan fingerprint density at radius 3 is 2.75 bits per heavy atom. The van der Waals surface area contributed by atoms with Gasteiger partial charge in [-0.3, -0.25) is 4.98 Å². The van der Waals surface area contributed by atoms with Crippen LogP contribution in [0.2, 0.25) is 0 Å². The van der Waals surface area contributed by atoms with Crippen LogP contribution in [0.5, 0.6) is 0 Å². The van der Waals surface area contributed by atoms with Gasteiger partial charge in [0.1, 0.15) is 11.3 Å². The van der Waals surface area contributed by atoms with E-state index in [0.29, 0.717) is 5.65 Å². The molecule has 2 aromatic heterocycles. The average molecular weight is 315 g/mol. The van der Waals surface area contributed by atoms with Crippen molar-refractivity contribution in [2.45, 2.75) is 24.8 Å². The Labute approximate surface area is 140 Å². The summed E-state index contributed by atoms with van der Waals surface area (Å²) < 4.78 is 0. The van der Waals surface area contributed by atoms with Crippen molar-refractivity contribution in [2.75, 3.05) is 11.4 Å². The molecule has 5 nitrogen and oxygen atoms in total. The highest BCUT2D eigenvalue weighted by atomic mass is 15.2. The Bertz CT molecular complexity index is 887. The number of benzene rings is 1. The highest BCUT2D eigenvalue weighted by molar-refractivity contribution is 5.71. The first kappa shape index (κ1) is 14.6. The van der Waals surface area contributed by atoms with Crippen LogP contribution >= 0.6 is 0 Å². The van der Waals surface area contributed by atoms with E-state index in [1.54, 1.807) is 12.4 Å². The first-order chi connectivity index (χ1) is 11.9. The van der Waals surface area contributed by atoms with E-state index in [1.807, 2.05) is 42.5 Å². The molecule has 4 rings (SSSR count). The van der Waals surface area contributed by atoms with Gasteiger partial charge in [-0.1, -0.05) is 30.3 Å². The lowest BCUT2D eigenvalue weighted by molar-refractivity contribution is 0.608. The highest BCUT2D eigenvalue weighted by Crippen LogP contribution is 2.34. The maximum Gasteiger partial charge on any atom is 0.180 e. The van der Waals surface area contributed by atoms with Gasteiger partial charge in [0.05, 0.1) is 18.0 Å². The predicted octanol–water partition coefficient (Wildman–Crippen LogP) is 3.30. The highest BCUT2D eigenvalue weighted by Gasteiger charge is 2.33. The molecule has 1 aliphatic heterocycles. The van der Waals surface area contributed by atoms with Crippen molar-refractivity contribution >= 4 is 17.0 Å². The lowest BCUT2D eigenvalue weighted by atomic mass is 9.91. The normalized spacial score (nSPS) is 18.5. The Hall–Kier alpha value is -3.00. The second kappa shape index (κ2) is 6.25. The number of aromatic nitrogens is 3. The first-order valence-corrected chi connectivity index (χ1v) is 8.16. The zero-order valence-electron chi connectivity index (χ0n) is 13.2. The fourth-order valence-corrected chi connectivity index (χ4v) is 3.47. The van der Waals surface area contributed by atoms with Crippen LogP contribution in [-0.2, 0) is 0 Å². The third-order valence-corrected chi connectivity index (χ3v) is 4.59. The molecule has 3 heterocycles. The Balaban J connectivity index is 1.70. The van der Waals surface area contributed by atoms with Crippen molar-refractivity contribution in [2.24, 2.45) is 0 Å². The maximum atomic E-state index is 9.76. The van der Waals surface area contributed by atoms with Crippen LogP contribution in [0.15, 0.2) is 54.9 Å². The molecule has 1 fully saturated rings. The summed E-state index contributed by atoms with van der Waals surface area (Å²) in [5.74, 6) is 0.717. The first-order valence-electron chi connectivity index (χ1n) is 8.16. The molecule has 0 saturated carbocycles. The largest absolute Gasteiger partial charge is 0.352 e. The van der Waals surface area contributed by atoms with Crippen molar-refractivity contribution in [1.29, 1.82) is 5.26 Å². The molecule has 0 spiro atoms. The Kier molecular flexibility index (Phi) is 3.80. The molecule has 2 unspecified atom stereocenters. The van der Waals surface area contributed by atoms with Crippen molar-refractivity contribution in [3.63, 3.8) is 0 Å². The molecule has 0 bridgehead atoms. The fourth-order valence-electron chi connectivity index (χ4n) is 3.47. The second-order valence-corrected chi connectivity index (χ2v) is 5.99. The molecule has 0 radical (unpaired) electrons. The molecule has 1 aromatic carbocycles. The minimum atomic E-state index is -0.159. The van der Waals surface area contributed by atoms with Gasteiger partial charge in [-0.15, -0.1) is 0 Å². The summed E-state index contributed by atoms with van der Waals surface area (Å²) in [6.07, 6.45) is 5.38. The number of fused-ring (bicyclic) bond motifs is 1. The van der Waals surface area contributed by atoms with Crippen molar-refractivity contribution < 1.29 is 0 Å². The average Bonchev–Trinajstić information content (AvgIpc) is 3.12. The zero-order chi connectivity index (χ0) is 16.4. The van der Waals surface area contributed by atoms with Crippen LogP contribution in [0.25, 0.3) is 11.2 Å². The summed E-state index contributed by atoms with van der Waals surface area (Å²) in [6, 6.07) is 16.6. The SMILES string of the molecule is N#CC(c1ccccc1)C1CCCN1c1ccc2nccnc2n1. The summed E-state index contributed by atoms with van der Waals surface area (Å²) in [5.41, 5.74) is 2.50. The quantitative estimate of drug-likeness (QED) is 0.742. The van der Waals surface area contributed by atoms with E-state index in [2.05, 4.69) is 25.9 Å². The molecule has 1 aliphatic rings. The topological polar surface area (TPSA) is 65.7 Å². The van der Waals surface area contributed by atoms with Crippen LogP contribution in [-0.4, -0.2) is 27.5 Å². The summed E-state index contributed by atoms with van der Waals surface area (Å²) in [5, 5.41) is 9.76. The van der Waals surface area contributed by atoms with Crippen LogP contribution in [0.3, 0.4) is 0 Å². The predicted molar refractivity (Wildman–Crippen MR) is 92.5 cm³/mol. The van der Waals surface area contributed by atoms with E-state index in [0.717, 1.165) is 36.3 Å². The van der Waals surface area contributed by atoms with E-state index in [1.165, 1.54) is 0 Å². The molecular formula is C19H17N5. The molecule has 2 atom stereocenters. The zero-order valence-corrected chi connectivity index (χ0v) is 13.2. The fraction of sp³-hybridized carbons (Fsp3) is 0.263. The van der Waals surface area contributed by atoms with E-state index in [9.17, 15) is 5.26 Å². The lowest BCUT2D eigenvalue weighted by Gasteiger charge is -2.29. The number of nitriles is 1. The van der Waals surface area contributed by atoms with E-state index < -0.39 is 0 Å². The standard InChI is InChI=1S/C19H17N5/c20-13-15(14-5-2-1-3-6-14)17-7-4-12-24(17)18-9-8-16-19(23-18)22-11-10-21-16/h1-3,5-6,8-11,15,17H,4,7,12H2. The molecular weight excluding hydrogens is 298 g/mol. The van der Waals surface area contributed by atoms with E-state index in [-0.39, 0.29) is 12.0 Å². The number of hydrogen-bond donors (Lipinski definition) is 0. The van der Waals surface area contributed by atoms with Gasteiger partial charge in [-0.05, 0) is 30.5 Å². The summed E-state index contributed by atoms with van der Waals surface area (Å²) in [4.78, 5) is 15.5. The Morgan fingerprint density at radius 2 is 1.92 bits per heavy atom. The van der Waals surface area contributed by atoms with Crippen LogP contribution in [0, 0.1) is 11.3 Å². The summed E-state index contributed by atoms with van der Waals surface area (Å²) in [6.45, 7) is 0.911. The lowest BCUT2D eigenvalue weighted by Crippen LogP contribution is -2.34. The molecule has 5 heteroatoms. The van der Waals surface area contributed by atoms with Crippen molar-refractivity contribution in [3.05, 3.63) is 60.4 Å². The van der Waals surface area contributed by atoms with E-state index >= 15 is 0 Å². The van der Waals surface area contributed by atoms with E-state index in [4.69, 9.17) is 0 Å². The van der Waals surface area contributed by atoms with Gasteiger partial charge in [0.25, 0.3) is 0 Å². The second-order valence-electron chi connectivity index (χ2n) is 5.99. The Morgan fingerprint density at radius 1 is 1.08 bits per heavy atom. The van der Waals surface area contributed by atoms with Gasteiger partial charge in [0.2, 0.25) is 0 Å². The number of hydrogen-bond acceptors (Lipinski definition) is 5. The van der Waals surface area contributed by atoms with Crippen LogP contribution in [0.4, 0.5) is 5.82 Å². The van der Waals surface area contributed by atoms with Crippen LogP contribution in [0.1, 0.15) is 24.3 Å². The number of nitrogens with zero attached hydrogens (tertiary/aromatic N) is 5. The summed E-state index contributed by atoms with van der Waals surface area (Å²) in [7, 11) is 0. The van der Waals surface area contributed by atoms with Crippen LogP contribution < -0.4 is 4.90 Å². The van der Waals surface area contributed by atoms with Gasteiger partial charge in [-0.2, -0.15) is 5.26 Å². The molecule has 3 aromatic rings. The minimum Gasteiger partial charge on any atom is -0.352 e. The van der Waals surface area contributed by atoms with Gasteiger partial charge in [0, 0.05) is 18.9 Å². The molecule has 1 saturated heterocycles. The van der Waals surface area contributed by atoms with Gasteiger partial charge >= 0.3 is 0 Å². The number of pyridine rings is 1.